The minimum absolute atomic E-state index is 0.477. The molecule has 0 aliphatic carbocycles. The third-order valence-corrected chi connectivity index (χ3v) is 4.11. The van der Waals surface area contributed by atoms with Crippen molar-refractivity contribution in [2.75, 3.05) is 33.2 Å². The molecule has 1 heterocycles. The van der Waals surface area contributed by atoms with Gasteiger partial charge in [0.05, 0.1) is 0 Å². The summed E-state index contributed by atoms with van der Waals surface area (Å²) in [5, 5.41) is 6.80. The second-order valence-corrected chi connectivity index (χ2v) is 6.51. The van der Waals surface area contributed by atoms with E-state index in [4.69, 9.17) is 0 Å². The minimum Gasteiger partial charge on any atom is -0.356 e. The van der Waals surface area contributed by atoms with E-state index in [1.165, 1.54) is 32.5 Å². The Balaban J connectivity index is 2.17. The van der Waals surface area contributed by atoms with Crippen molar-refractivity contribution in [2.24, 2.45) is 16.8 Å². The lowest BCUT2D eigenvalue weighted by Crippen LogP contribution is -2.43. The summed E-state index contributed by atoms with van der Waals surface area (Å²) in [4.78, 5) is 6.88. The average Bonchev–Trinajstić information content (AvgIpc) is 2.40. The lowest BCUT2D eigenvalue weighted by atomic mass is 9.92. The van der Waals surface area contributed by atoms with E-state index in [0.717, 1.165) is 30.8 Å². The lowest BCUT2D eigenvalue weighted by molar-refractivity contribution is 0.140. The fourth-order valence-corrected chi connectivity index (χ4v) is 3.01. The van der Waals surface area contributed by atoms with E-state index in [0.29, 0.717) is 6.04 Å². The summed E-state index contributed by atoms with van der Waals surface area (Å²) in [6.07, 6.45) is 3.69. The molecular weight excluding hydrogens is 248 g/mol. The standard InChI is InChI=1S/C16H34N4/c1-6-15(4)19-16(17-5)18-8-7-9-20-11-13(2)10-14(3)12-20/h13-15H,6-12H2,1-5H3,(H2,17,18,19). The van der Waals surface area contributed by atoms with Crippen LogP contribution >= 0.6 is 0 Å². The Morgan fingerprint density at radius 2 is 1.95 bits per heavy atom. The Bertz CT molecular complexity index is 280. The van der Waals surface area contributed by atoms with Gasteiger partial charge in [0.2, 0.25) is 0 Å². The molecule has 3 unspecified atom stereocenters. The van der Waals surface area contributed by atoms with Gasteiger partial charge in [-0.2, -0.15) is 0 Å². The third kappa shape index (κ3) is 6.60. The first kappa shape index (κ1) is 17.3. The molecule has 1 rings (SSSR count). The molecule has 118 valence electrons. The van der Waals surface area contributed by atoms with Crippen molar-refractivity contribution in [3.8, 4) is 0 Å². The molecule has 1 aliphatic heterocycles. The third-order valence-electron chi connectivity index (χ3n) is 4.11. The summed E-state index contributed by atoms with van der Waals surface area (Å²) < 4.78 is 0. The first-order valence-corrected chi connectivity index (χ1v) is 8.24. The van der Waals surface area contributed by atoms with Gasteiger partial charge in [-0.3, -0.25) is 4.99 Å². The second kappa shape index (κ2) is 9.22. The summed E-state index contributed by atoms with van der Waals surface area (Å²) in [5.41, 5.74) is 0. The molecule has 0 radical (unpaired) electrons. The topological polar surface area (TPSA) is 39.7 Å². The van der Waals surface area contributed by atoms with Gasteiger partial charge < -0.3 is 15.5 Å². The first-order valence-electron chi connectivity index (χ1n) is 8.24. The van der Waals surface area contributed by atoms with Crippen LogP contribution in [-0.2, 0) is 0 Å². The SMILES string of the molecule is CCC(C)NC(=NC)NCCCN1CC(C)CC(C)C1. The smallest absolute Gasteiger partial charge is 0.191 e. The number of likely N-dealkylation sites (tertiary alicyclic amines) is 1. The van der Waals surface area contributed by atoms with Gasteiger partial charge in [-0.05, 0) is 44.6 Å². The molecule has 20 heavy (non-hydrogen) atoms. The van der Waals surface area contributed by atoms with Gasteiger partial charge in [-0.25, -0.2) is 0 Å². The molecule has 1 fully saturated rings. The van der Waals surface area contributed by atoms with Crippen LogP contribution in [0.1, 0.15) is 47.0 Å². The highest BCUT2D eigenvalue weighted by atomic mass is 15.2. The van der Waals surface area contributed by atoms with Crippen LogP contribution < -0.4 is 10.6 Å². The van der Waals surface area contributed by atoms with E-state index in [-0.39, 0.29) is 0 Å². The normalized spacial score (nSPS) is 26.4. The Kier molecular flexibility index (Phi) is 7.97. The van der Waals surface area contributed by atoms with Crippen LogP contribution in [0.3, 0.4) is 0 Å². The van der Waals surface area contributed by atoms with Gasteiger partial charge in [0.15, 0.2) is 5.96 Å². The van der Waals surface area contributed by atoms with Crippen LogP contribution in [0.25, 0.3) is 0 Å². The molecule has 0 aromatic carbocycles. The number of piperidine rings is 1. The number of aliphatic imine (C=N–C) groups is 1. The van der Waals surface area contributed by atoms with E-state index >= 15 is 0 Å². The molecule has 4 heteroatoms. The van der Waals surface area contributed by atoms with Crippen LogP contribution in [0.4, 0.5) is 0 Å². The van der Waals surface area contributed by atoms with E-state index in [9.17, 15) is 0 Å². The quantitative estimate of drug-likeness (QED) is 0.446. The molecule has 3 atom stereocenters. The van der Waals surface area contributed by atoms with Crippen molar-refractivity contribution in [3.63, 3.8) is 0 Å². The summed E-state index contributed by atoms with van der Waals surface area (Å²) in [6.45, 7) is 13.8. The molecule has 2 N–H and O–H groups in total. The zero-order valence-electron chi connectivity index (χ0n) is 14.1. The monoisotopic (exact) mass is 282 g/mol. The van der Waals surface area contributed by atoms with Gasteiger partial charge in [0, 0.05) is 32.7 Å². The van der Waals surface area contributed by atoms with Crippen molar-refractivity contribution in [1.82, 2.24) is 15.5 Å². The fourth-order valence-electron chi connectivity index (χ4n) is 3.01. The van der Waals surface area contributed by atoms with E-state index in [2.05, 4.69) is 48.2 Å². The highest BCUT2D eigenvalue weighted by Gasteiger charge is 2.20. The Morgan fingerprint density at radius 1 is 1.30 bits per heavy atom. The Hall–Kier alpha value is -0.770. The number of hydrogen-bond acceptors (Lipinski definition) is 2. The number of hydrogen-bond donors (Lipinski definition) is 2. The second-order valence-electron chi connectivity index (χ2n) is 6.51. The molecule has 1 saturated heterocycles. The molecule has 0 spiro atoms. The molecule has 0 aromatic heterocycles. The number of nitrogens with zero attached hydrogens (tertiary/aromatic N) is 2. The molecule has 0 saturated carbocycles. The van der Waals surface area contributed by atoms with Gasteiger partial charge in [0.1, 0.15) is 0 Å². The summed E-state index contributed by atoms with van der Waals surface area (Å²) in [5.74, 6) is 2.64. The van der Waals surface area contributed by atoms with E-state index in [1.54, 1.807) is 0 Å². The van der Waals surface area contributed by atoms with E-state index < -0.39 is 0 Å². The number of rotatable bonds is 6. The first-order chi connectivity index (χ1) is 9.55. The predicted molar refractivity (Wildman–Crippen MR) is 88.3 cm³/mol. The molecule has 1 aliphatic rings. The Labute approximate surface area is 125 Å². The van der Waals surface area contributed by atoms with Gasteiger partial charge >= 0.3 is 0 Å². The summed E-state index contributed by atoms with van der Waals surface area (Å²) in [6, 6.07) is 0.477. The zero-order chi connectivity index (χ0) is 15.0. The molecule has 0 amide bonds. The average molecular weight is 282 g/mol. The van der Waals surface area contributed by atoms with Gasteiger partial charge in [0.25, 0.3) is 0 Å². The predicted octanol–water partition coefficient (Wildman–Crippen LogP) is 2.32. The highest BCUT2D eigenvalue weighted by molar-refractivity contribution is 5.79. The van der Waals surface area contributed by atoms with Crippen LogP contribution in [-0.4, -0.2) is 50.1 Å². The van der Waals surface area contributed by atoms with Gasteiger partial charge in [-0.1, -0.05) is 20.8 Å². The lowest BCUT2D eigenvalue weighted by Gasteiger charge is -2.35. The maximum Gasteiger partial charge on any atom is 0.191 e. The van der Waals surface area contributed by atoms with E-state index in [1.807, 2.05) is 7.05 Å². The van der Waals surface area contributed by atoms with Crippen LogP contribution in [0.15, 0.2) is 4.99 Å². The highest BCUT2D eigenvalue weighted by Crippen LogP contribution is 2.20. The summed E-state index contributed by atoms with van der Waals surface area (Å²) >= 11 is 0. The Morgan fingerprint density at radius 3 is 2.50 bits per heavy atom. The molecule has 0 bridgehead atoms. The maximum atomic E-state index is 4.27. The van der Waals surface area contributed by atoms with Crippen molar-refractivity contribution in [3.05, 3.63) is 0 Å². The number of nitrogens with one attached hydrogen (secondary N) is 2. The van der Waals surface area contributed by atoms with Crippen molar-refractivity contribution < 1.29 is 0 Å². The summed E-state index contributed by atoms with van der Waals surface area (Å²) in [7, 11) is 1.84. The zero-order valence-corrected chi connectivity index (χ0v) is 14.1. The largest absolute Gasteiger partial charge is 0.356 e. The molecule has 0 aromatic rings. The molecular formula is C16H34N4. The molecule has 4 nitrogen and oxygen atoms in total. The van der Waals surface area contributed by atoms with Crippen LogP contribution in [0, 0.1) is 11.8 Å². The van der Waals surface area contributed by atoms with Crippen LogP contribution in [0.2, 0.25) is 0 Å². The van der Waals surface area contributed by atoms with Crippen molar-refractivity contribution in [2.45, 2.75) is 53.0 Å². The van der Waals surface area contributed by atoms with Crippen molar-refractivity contribution >= 4 is 5.96 Å². The fraction of sp³-hybridized carbons (Fsp3) is 0.938. The maximum absolute atomic E-state index is 4.27. The van der Waals surface area contributed by atoms with Gasteiger partial charge in [-0.15, -0.1) is 0 Å². The van der Waals surface area contributed by atoms with Crippen molar-refractivity contribution in [1.29, 1.82) is 0 Å². The van der Waals surface area contributed by atoms with Crippen LogP contribution in [0.5, 0.6) is 0 Å². The minimum atomic E-state index is 0.477. The number of guanidine groups is 1.